The van der Waals surface area contributed by atoms with Gasteiger partial charge in [-0.25, -0.2) is 0 Å². The van der Waals surface area contributed by atoms with Gasteiger partial charge in [-0.15, -0.1) is 0 Å². The van der Waals surface area contributed by atoms with E-state index in [1.165, 1.54) is 5.56 Å². The minimum Gasteiger partial charge on any atom is -0.378 e. The average molecular weight is 218 g/mol. The highest BCUT2D eigenvalue weighted by atomic mass is 16.5. The van der Waals surface area contributed by atoms with E-state index in [0.29, 0.717) is 19.6 Å². The van der Waals surface area contributed by atoms with Crippen molar-refractivity contribution in [1.82, 2.24) is 4.90 Å². The first-order chi connectivity index (χ1) is 7.86. The summed E-state index contributed by atoms with van der Waals surface area (Å²) in [6.45, 7) is 2.82. The summed E-state index contributed by atoms with van der Waals surface area (Å²) in [6, 6.07) is 10.8. The molecule has 1 fully saturated rings. The van der Waals surface area contributed by atoms with E-state index in [9.17, 15) is 4.79 Å². The lowest BCUT2D eigenvalue weighted by atomic mass is 10.1. The van der Waals surface area contributed by atoms with E-state index >= 15 is 0 Å². The highest BCUT2D eigenvalue weighted by Crippen LogP contribution is 2.06. The molecule has 1 aromatic rings. The fourth-order valence-corrected chi connectivity index (χ4v) is 1.81. The van der Waals surface area contributed by atoms with E-state index in [1.54, 1.807) is 0 Å². The normalized spacial score (nSPS) is 16.1. The molecular weight excluding hydrogens is 202 g/mol. The maximum atomic E-state index is 11.8. The summed E-state index contributed by atoms with van der Waals surface area (Å²) < 4.78 is 5.21. The number of amides is 1. The van der Waals surface area contributed by atoms with Crippen molar-refractivity contribution >= 4 is 5.91 Å². The summed E-state index contributed by atoms with van der Waals surface area (Å²) in [5.41, 5.74) is 1.19. The number of ether oxygens (including phenoxy) is 1. The highest BCUT2D eigenvalue weighted by molar-refractivity contribution is 5.76. The van der Waals surface area contributed by atoms with Gasteiger partial charge in [0.15, 0.2) is 0 Å². The molecule has 3 heteroatoms. The molecule has 3 nitrogen and oxygen atoms in total. The molecule has 85 valence electrons. The lowest BCUT2D eigenvalue weighted by Crippen LogP contribution is -2.40. The van der Waals surface area contributed by atoms with Crippen LogP contribution in [-0.2, 0) is 16.0 Å². The molecule has 0 atom stereocenters. The van der Waals surface area contributed by atoms with Gasteiger partial charge in [0.25, 0.3) is 0 Å². The van der Waals surface area contributed by atoms with E-state index in [1.807, 2.05) is 29.2 Å². The van der Waals surface area contributed by atoms with Crippen LogP contribution in [0.1, 0.15) is 12.0 Å². The second-order valence-corrected chi connectivity index (χ2v) is 3.90. The molecule has 0 spiro atoms. The molecule has 1 aromatic carbocycles. The number of hydrogen-bond acceptors (Lipinski definition) is 2. The first-order valence-corrected chi connectivity index (χ1v) is 5.67. The molecule has 0 saturated carbocycles. The van der Waals surface area contributed by atoms with E-state index in [-0.39, 0.29) is 5.91 Å². The zero-order valence-electron chi connectivity index (χ0n) is 9.32. The van der Waals surface area contributed by atoms with Crippen LogP contribution in [0.4, 0.5) is 0 Å². The second-order valence-electron chi connectivity index (χ2n) is 3.90. The Morgan fingerprint density at radius 3 is 2.69 bits per heavy atom. The number of carbonyl (C=O) groups excluding carboxylic acids is 1. The Kier molecular flexibility index (Phi) is 3.94. The first kappa shape index (κ1) is 11.1. The molecule has 1 aliphatic heterocycles. The van der Waals surface area contributed by atoms with E-state index in [4.69, 9.17) is 4.74 Å². The fourth-order valence-electron chi connectivity index (χ4n) is 1.81. The summed E-state index contributed by atoms with van der Waals surface area (Å²) in [5.74, 6) is 0.233. The lowest BCUT2D eigenvalue weighted by Gasteiger charge is -2.26. The fraction of sp³-hybridized carbons (Fsp3) is 0.462. The third kappa shape index (κ3) is 3.07. The van der Waals surface area contributed by atoms with Gasteiger partial charge in [0, 0.05) is 19.5 Å². The van der Waals surface area contributed by atoms with E-state index in [0.717, 1.165) is 19.5 Å². The van der Waals surface area contributed by atoms with Crippen LogP contribution in [0.25, 0.3) is 0 Å². The molecule has 1 saturated heterocycles. The van der Waals surface area contributed by atoms with Crippen molar-refractivity contribution in [2.24, 2.45) is 0 Å². The Hall–Kier alpha value is -1.35. The standard InChI is InChI=1S/C13H16NO2/c15-13(14-8-10-16-11-9-14)7-6-12-4-2-1-3-5-12/h2-5H,6-11H2. The Labute approximate surface area is 96.0 Å². The van der Waals surface area contributed by atoms with Crippen LogP contribution in [0.3, 0.4) is 0 Å². The predicted molar refractivity (Wildman–Crippen MR) is 61.0 cm³/mol. The third-order valence-corrected chi connectivity index (χ3v) is 2.78. The Balaban J connectivity index is 1.79. The Morgan fingerprint density at radius 2 is 2.00 bits per heavy atom. The number of benzene rings is 1. The van der Waals surface area contributed by atoms with Crippen LogP contribution in [0.5, 0.6) is 0 Å². The van der Waals surface area contributed by atoms with Crippen molar-refractivity contribution in [2.45, 2.75) is 12.8 Å². The summed E-state index contributed by atoms with van der Waals surface area (Å²) in [6.07, 6.45) is 1.40. The Morgan fingerprint density at radius 1 is 1.31 bits per heavy atom. The van der Waals surface area contributed by atoms with Crippen LogP contribution in [0.15, 0.2) is 24.3 Å². The molecule has 0 aliphatic carbocycles. The molecule has 0 unspecified atom stereocenters. The van der Waals surface area contributed by atoms with Gasteiger partial charge in [0.2, 0.25) is 5.91 Å². The van der Waals surface area contributed by atoms with E-state index < -0.39 is 0 Å². The highest BCUT2D eigenvalue weighted by Gasteiger charge is 2.15. The first-order valence-electron chi connectivity index (χ1n) is 5.67. The number of carbonyl (C=O) groups is 1. The number of nitrogens with zero attached hydrogens (tertiary/aromatic N) is 1. The van der Waals surface area contributed by atoms with Gasteiger partial charge >= 0.3 is 0 Å². The predicted octanol–water partition coefficient (Wildman–Crippen LogP) is 1.28. The van der Waals surface area contributed by atoms with Crippen molar-refractivity contribution < 1.29 is 9.53 Å². The smallest absolute Gasteiger partial charge is 0.223 e. The van der Waals surface area contributed by atoms with Crippen LogP contribution in [-0.4, -0.2) is 37.1 Å². The Bertz CT molecular complexity index is 331. The molecule has 0 aromatic heterocycles. The number of morpholine rings is 1. The monoisotopic (exact) mass is 218 g/mol. The molecule has 0 N–H and O–H groups in total. The van der Waals surface area contributed by atoms with E-state index in [2.05, 4.69) is 6.07 Å². The van der Waals surface area contributed by atoms with Crippen molar-refractivity contribution in [3.8, 4) is 0 Å². The second kappa shape index (κ2) is 5.66. The molecule has 0 bridgehead atoms. The van der Waals surface area contributed by atoms with Crippen LogP contribution < -0.4 is 0 Å². The molecule has 2 rings (SSSR count). The van der Waals surface area contributed by atoms with Crippen LogP contribution in [0.2, 0.25) is 0 Å². The van der Waals surface area contributed by atoms with Crippen LogP contribution >= 0.6 is 0 Å². The summed E-state index contributed by atoms with van der Waals surface area (Å²) in [7, 11) is 0. The summed E-state index contributed by atoms with van der Waals surface area (Å²) >= 11 is 0. The van der Waals surface area contributed by atoms with Crippen molar-refractivity contribution in [3.63, 3.8) is 0 Å². The van der Waals surface area contributed by atoms with Gasteiger partial charge < -0.3 is 9.64 Å². The maximum Gasteiger partial charge on any atom is 0.223 e. The third-order valence-electron chi connectivity index (χ3n) is 2.78. The molecular formula is C13H16NO2. The van der Waals surface area contributed by atoms with Gasteiger partial charge in [-0.2, -0.15) is 0 Å². The quantitative estimate of drug-likeness (QED) is 0.765. The van der Waals surface area contributed by atoms with Crippen molar-refractivity contribution in [3.05, 3.63) is 35.9 Å². The number of aryl methyl sites for hydroxylation is 1. The molecule has 1 heterocycles. The average Bonchev–Trinajstić information content (AvgIpc) is 2.38. The van der Waals surface area contributed by atoms with Gasteiger partial charge in [0.05, 0.1) is 13.2 Å². The molecule has 16 heavy (non-hydrogen) atoms. The van der Waals surface area contributed by atoms with Crippen molar-refractivity contribution in [1.29, 1.82) is 0 Å². The molecule has 1 aliphatic rings. The maximum absolute atomic E-state index is 11.8. The zero-order valence-corrected chi connectivity index (χ0v) is 9.32. The zero-order chi connectivity index (χ0) is 11.2. The summed E-state index contributed by atoms with van der Waals surface area (Å²) in [5, 5.41) is 0. The minimum atomic E-state index is 0.233. The van der Waals surface area contributed by atoms with Gasteiger partial charge in [-0.1, -0.05) is 24.3 Å². The molecule has 1 amide bonds. The molecule has 1 radical (unpaired) electrons. The summed E-state index contributed by atoms with van der Waals surface area (Å²) in [4.78, 5) is 13.7. The van der Waals surface area contributed by atoms with Gasteiger partial charge in [-0.3, -0.25) is 4.79 Å². The number of hydrogen-bond donors (Lipinski definition) is 0. The number of rotatable bonds is 3. The van der Waals surface area contributed by atoms with Crippen LogP contribution in [0, 0.1) is 6.07 Å². The van der Waals surface area contributed by atoms with Gasteiger partial charge in [-0.05, 0) is 18.1 Å². The van der Waals surface area contributed by atoms with Crippen molar-refractivity contribution in [2.75, 3.05) is 26.3 Å². The van der Waals surface area contributed by atoms with Gasteiger partial charge in [0.1, 0.15) is 0 Å². The lowest BCUT2D eigenvalue weighted by molar-refractivity contribution is -0.135. The topological polar surface area (TPSA) is 29.5 Å². The minimum absolute atomic E-state index is 0.233. The SMILES string of the molecule is O=C(CCc1cc[c]cc1)N1CCOCC1. The largest absolute Gasteiger partial charge is 0.378 e.